The van der Waals surface area contributed by atoms with Gasteiger partial charge in [-0.1, -0.05) is 22.0 Å². The Labute approximate surface area is 147 Å². The van der Waals surface area contributed by atoms with Gasteiger partial charge < -0.3 is 10.1 Å². The van der Waals surface area contributed by atoms with Crippen LogP contribution in [-0.4, -0.2) is 30.1 Å². The number of carbonyl (C=O) groups excluding carboxylic acids is 2. The highest BCUT2D eigenvalue weighted by Gasteiger charge is 2.12. The van der Waals surface area contributed by atoms with E-state index in [1.54, 1.807) is 36.7 Å². The highest BCUT2D eigenvalue weighted by Crippen LogP contribution is 2.21. The summed E-state index contributed by atoms with van der Waals surface area (Å²) in [7, 11) is 1.53. The van der Waals surface area contributed by atoms with Crippen LogP contribution < -0.4 is 15.5 Å². The quantitative estimate of drug-likeness (QED) is 0.460. The minimum absolute atomic E-state index is 0.212. The first-order chi connectivity index (χ1) is 11.6. The average molecular weight is 391 g/mol. The van der Waals surface area contributed by atoms with Crippen LogP contribution in [0.3, 0.4) is 0 Å². The summed E-state index contributed by atoms with van der Waals surface area (Å²) in [5.41, 5.74) is 3.62. The molecule has 7 nitrogen and oxygen atoms in total. The van der Waals surface area contributed by atoms with Gasteiger partial charge in [-0.15, -0.1) is 0 Å². The number of ether oxygens (including phenoxy) is 1. The molecule has 2 rings (SSSR count). The summed E-state index contributed by atoms with van der Waals surface area (Å²) in [4.78, 5) is 27.3. The fraction of sp³-hybridized carbons (Fsp3) is 0.125. The first kappa shape index (κ1) is 17.6. The molecule has 1 aromatic carbocycles. The monoisotopic (exact) mass is 390 g/mol. The Morgan fingerprint density at radius 1 is 1.33 bits per heavy atom. The second kappa shape index (κ2) is 8.78. The van der Waals surface area contributed by atoms with Gasteiger partial charge in [-0.2, -0.15) is 5.10 Å². The fourth-order valence-corrected chi connectivity index (χ4v) is 2.16. The first-order valence-electron chi connectivity index (χ1n) is 6.94. The van der Waals surface area contributed by atoms with E-state index >= 15 is 0 Å². The van der Waals surface area contributed by atoms with Crippen molar-refractivity contribution >= 4 is 34.0 Å². The van der Waals surface area contributed by atoms with Crippen LogP contribution in [0.15, 0.2) is 52.3 Å². The smallest absolute Gasteiger partial charge is 0.329 e. The van der Waals surface area contributed by atoms with Crippen LogP contribution in [-0.2, 0) is 16.1 Å². The zero-order chi connectivity index (χ0) is 17.4. The Hall–Kier alpha value is -2.74. The summed E-state index contributed by atoms with van der Waals surface area (Å²) >= 11 is 3.34. The average Bonchev–Trinajstić information content (AvgIpc) is 2.60. The van der Waals surface area contributed by atoms with Crippen LogP contribution in [0, 0.1) is 0 Å². The zero-order valence-corrected chi connectivity index (χ0v) is 14.4. The van der Waals surface area contributed by atoms with E-state index in [2.05, 4.69) is 36.8 Å². The summed E-state index contributed by atoms with van der Waals surface area (Å²) in [6.45, 7) is 0.212. The molecule has 2 amide bonds. The van der Waals surface area contributed by atoms with E-state index in [-0.39, 0.29) is 6.54 Å². The number of halogens is 1. The molecular formula is C16H15BrN4O3. The molecule has 2 N–H and O–H groups in total. The van der Waals surface area contributed by atoms with Crippen LogP contribution in [0.2, 0.25) is 0 Å². The molecule has 0 aliphatic carbocycles. The molecule has 0 bridgehead atoms. The third-order valence-corrected chi connectivity index (χ3v) is 3.44. The number of hydrogen-bond donors (Lipinski definition) is 2. The van der Waals surface area contributed by atoms with Gasteiger partial charge in [0, 0.05) is 29.0 Å². The molecule has 8 heteroatoms. The molecule has 0 atom stereocenters. The fourth-order valence-electron chi connectivity index (χ4n) is 1.78. The zero-order valence-electron chi connectivity index (χ0n) is 12.8. The molecule has 0 saturated heterocycles. The van der Waals surface area contributed by atoms with Crippen LogP contribution in [0.1, 0.15) is 11.1 Å². The number of hydrogen-bond acceptors (Lipinski definition) is 5. The molecule has 0 saturated carbocycles. The first-order valence-corrected chi connectivity index (χ1v) is 7.73. The van der Waals surface area contributed by atoms with Crippen molar-refractivity contribution in [3.05, 3.63) is 58.3 Å². The van der Waals surface area contributed by atoms with Gasteiger partial charge in [0.25, 0.3) is 0 Å². The highest BCUT2D eigenvalue weighted by molar-refractivity contribution is 9.10. The van der Waals surface area contributed by atoms with Gasteiger partial charge in [0.1, 0.15) is 5.75 Å². The Bertz CT molecular complexity index is 750. The van der Waals surface area contributed by atoms with Crippen molar-refractivity contribution in [3.63, 3.8) is 0 Å². The molecule has 0 radical (unpaired) electrons. The van der Waals surface area contributed by atoms with Crippen molar-refractivity contribution in [2.24, 2.45) is 5.10 Å². The van der Waals surface area contributed by atoms with Gasteiger partial charge in [-0.05, 0) is 29.8 Å². The lowest BCUT2D eigenvalue weighted by Gasteiger charge is -2.05. The van der Waals surface area contributed by atoms with E-state index in [1.165, 1.54) is 13.3 Å². The molecular weight excluding hydrogens is 376 g/mol. The number of carbonyl (C=O) groups is 2. The SMILES string of the molecule is COc1ccc(Br)cc1/C=N\NC(=O)C(=O)NCc1cccnc1. The van der Waals surface area contributed by atoms with Gasteiger partial charge in [-0.25, -0.2) is 5.43 Å². The number of amides is 2. The standard InChI is InChI=1S/C16H15BrN4O3/c1-24-14-5-4-13(17)7-12(14)10-20-21-16(23)15(22)19-9-11-3-2-6-18-8-11/h2-8,10H,9H2,1H3,(H,19,22)(H,21,23)/b20-10-. The third kappa shape index (κ3) is 5.17. The Kier molecular flexibility index (Phi) is 6.44. The van der Waals surface area contributed by atoms with E-state index in [0.29, 0.717) is 11.3 Å². The second-order valence-corrected chi connectivity index (χ2v) is 5.55. The maximum Gasteiger partial charge on any atom is 0.329 e. The second-order valence-electron chi connectivity index (χ2n) is 4.63. The van der Waals surface area contributed by atoms with Gasteiger partial charge >= 0.3 is 11.8 Å². The maximum absolute atomic E-state index is 11.7. The topological polar surface area (TPSA) is 92.7 Å². The molecule has 24 heavy (non-hydrogen) atoms. The minimum atomic E-state index is -0.857. The van der Waals surface area contributed by atoms with E-state index < -0.39 is 11.8 Å². The van der Waals surface area contributed by atoms with Crippen molar-refractivity contribution in [2.45, 2.75) is 6.54 Å². The molecule has 0 unspecified atom stereocenters. The predicted molar refractivity (Wildman–Crippen MR) is 92.5 cm³/mol. The van der Waals surface area contributed by atoms with E-state index in [9.17, 15) is 9.59 Å². The predicted octanol–water partition coefficient (Wildman–Crippen LogP) is 1.62. The lowest BCUT2D eigenvalue weighted by atomic mass is 10.2. The number of nitrogens with zero attached hydrogens (tertiary/aromatic N) is 2. The summed E-state index contributed by atoms with van der Waals surface area (Å²) in [6.07, 6.45) is 4.63. The Balaban J connectivity index is 1.88. The summed E-state index contributed by atoms with van der Waals surface area (Å²) in [5, 5.41) is 6.25. The van der Waals surface area contributed by atoms with Crippen LogP contribution >= 0.6 is 15.9 Å². The number of pyridine rings is 1. The maximum atomic E-state index is 11.7. The van der Waals surface area contributed by atoms with Crippen LogP contribution in [0.5, 0.6) is 5.75 Å². The number of hydrazone groups is 1. The molecule has 1 heterocycles. The largest absolute Gasteiger partial charge is 0.496 e. The molecule has 0 aliphatic rings. The molecule has 0 aliphatic heterocycles. The molecule has 1 aromatic heterocycles. The lowest BCUT2D eigenvalue weighted by Crippen LogP contribution is -2.37. The minimum Gasteiger partial charge on any atom is -0.496 e. The Morgan fingerprint density at radius 3 is 2.88 bits per heavy atom. The number of methoxy groups -OCH3 is 1. The summed E-state index contributed by atoms with van der Waals surface area (Å²) in [6, 6.07) is 8.89. The number of aromatic nitrogens is 1. The molecule has 2 aromatic rings. The van der Waals surface area contributed by atoms with Gasteiger partial charge in [-0.3, -0.25) is 14.6 Å². The summed E-state index contributed by atoms with van der Waals surface area (Å²) in [5.74, 6) is -1.04. The van der Waals surface area contributed by atoms with E-state index in [4.69, 9.17) is 4.74 Å². The van der Waals surface area contributed by atoms with Crippen molar-refractivity contribution in [2.75, 3.05) is 7.11 Å². The van der Waals surface area contributed by atoms with E-state index in [0.717, 1.165) is 10.0 Å². The number of benzene rings is 1. The third-order valence-electron chi connectivity index (χ3n) is 2.94. The van der Waals surface area contributed by atoms with Gasteiger partial charge in [0.05, 0.1) is 13.3 Å². The summed E-state index contributed by atoms with van der Waals surface area (Å²) < 4.78 is 6.02. The number of rotatable bonds is 5. The van der Waals surface area contributed by atoms with Crippen LogP contribution in [0.25, 0.3) is 0 Å². The molecule has 124 valence electrons. The van der Waals surface area contributed by atoms with Gasteiger partial charge in [0.2, 0.25) is 0 Å². The van der Waals surface area contributed by atoms with Gasteiger partial charge in [0.15, 0.2) is 0 Å². The normalized spacial score (nSPS) is 10.4. The van der Waals surface area contributed by atoms with Crippen molar-refractivity contribution in [3.8, 4) is 5.75 Å². The molecule has 0 fully saturated rings. The Morgan fingerprint density at radius 2 is 2.17 bits per heavy atom. The van der Waals surface area contributed by atoms with E-state index in [1.807, 2.05) is 6.07 Å². The number of nitrogens with one attached hydrogen (secondary N) is 2. The lowest BCUT2D eigenvalue weighted by molar-refractivity contribution is -0.139. The van der Waals surface area contributed by atoms with Crippen LogP contribution in [0.4, 0.5) is 0 Å². The van der Waals surface area contributed by atoms with Crippen molar-refractivity contribution in [1.29, 1.82) is 0 Å². The highest BCUT2D eigenvalue weighted by atomic mass is 79.9. The van der Waals surface area contributed by atoms with Crippen molar-refractivity contribution < 1.29 is 14.3 Å². The van der Waals surface area contributed by atoms with Crippen molar-refractivity contribution in [1.82, 2.24) is 15.7 Å². The molecule has 0 spiro atoms.